The fourth-order valence-corrected chi connectivity index (χ4v) is 4.78. The van der Waals surface area contributed by atoms with Gasteiger partial charge in [0.25, 0.3) is 0 Å². The van der Waals surface area contributed by atoms with Gasteiger partial charge in [0.2, 0.25) is 0 Å². The molecule has 1 atom stereocenters. The van der Waals surface area contributed by atoms with Crippen molar-refractivity contribution in [3.63, 3.8) is 0 Å². The fraction of sp³-hybridized carbons (Fsp3) is 1.00. The first-order chi connectivity index (χ1) is 10.5. The van der Waals surface area contributed by atoms with E-state index in [1.54, 1.807) is 0 Å². The first-order valence-corrected chi connectivity index (χ1v) is 10.0. The number of rotatable bonds is 6. The third-order valence-electron chi connectivity index (χ3n) is 6.33. The lowest BCUT2D eigenvalue weighted by molar-refractivity contribution is 0.0454. The van der Waals surface area contributed by atoms with E-state index < -0.39 is 0 Å². The van der Waals surface area contributed by atoms with Crippen molar-refractivity contribution in [1.82, 2.24) is 9.80 Å². The number of piperidine rings is 1. The average Bonchev–Trinajstić information content (AvgIpc) is 2.51. The van der Waals surface area contributed by atoms with Crippen LogP contribution in [0.4, 0.5) is 0 Å². The minimum Gasteiger partial charge on any atom is -0.303 e. The molecule has 2 nitrogen and oxygen atoms in total. The number of nitrogens with zero attached hydrogens (tertiary/aromatic N) is 2. The summed E-state index contributed by atoms with van der Waals surface area (Å²) in [5, 5.41) is 0. The molecule has 130 valence electrons. The van der Waals surface area contributed by atoms with Crippen molar-refractivity contribution in [3.05, 3.63) is 0 Å². The molecule has 1 aliphatic heterocycles. The molecule has 0 aromatic rings. The molecule has 0 amide bonds. The zero-order chi connectivity index (χ0) is 16.1. The molecule has 22 heavy (non-hydrogen) atoms. The van der Waals surface area contributed by atoms with Crippen molar-refractivity contribution >= 4 is 0 Å². The van der Waals surface area contributed by atoms with Crippen molar-refractivity contribution in [2.24, 2.45) is 11.8 Å². The first-order valence-electron chi connectivity index (χ1n) is 10.0. The van der Waals surface area contributed by atoms with Crippen LogP contribution in [0.1, 0.15) is 79.6 Å². The summed E-state index contributed by atoms with van der Waals surface area (Å²) in [5.74, 6) is 1.97. The zero-order valence-corrected chi connectivity index (χ0v) is 15.9. The summed E-state index contributed by atoms with van der Waals surface area (Å²) in [7, 11) is 0. The highest BCUT2D eigenvalue weighted by atomic mass is 15.2. The van der Waals surface area contributed by atoms with Crippen LogP contribution in [0.3, 0.4) is 0 Å². The summed E-state index contributed by atoms with van der Waals surface area (Å²) in [6.07, 6.45) is 9.93. The topological polar surface area (TPSA) is 6.48 Å². The van der Waals surface area contributed by atoms with Gasteiger partial charge < -0.3 is 4.90 Å². The Bertz CT molecular complexity index is 299. The van der Waals surface area contributed by atoms with Crippen molar-refractivity contribution < 1.29 is 0 Å². The van der Waals surface area contributed by atoms with Gasteiger partial charge in [0, 0.05) is 24.7 Å². The highest BCUT2D eigenvalue weighted by molar-refractivity contribution is 4.85. The molecule has 0 aromatic heterocycles. The molecule has 0 N–H and O–H groups in total. The molecule has 1 saturated heterocycles. The van der Waals surface area contributed by atoms with E-state index in [2.05, 4.69) is 44.4 Å². The Balaban J connectivity index is 1.77. The first kappa shape index (κ1) is 18.3. The van der Waals surface area contributed by atoms with Crippen LogP contribution < -0.4 is 0 Å². The van der Waals surface area contributed by atoms with Gasteiger partial charge in [-0.05, 0) is 77.8 Å². The van der Waals surface area contributed by atoms with Gasteiger partial charge in [-0.1, -0.05) is 26.7 Å². The minimum atomic E-state index is 0.686. The van der Waals surface area contributed by atoms with Gasteiger partial charge >= 0.3 is 0 Å². The quantitative estimate of drug-likeness (QED) is 0.696. The van der Waals surface area contributed by atoms with Crippen LogP contribution in [-0.2, 0) is 0 Å². The SMILES string of the molecule is CCC(C)N(C(C)C)C1CCN(CC2CCC(C)CC2)CC1. The highest BCUT2D eigenvalue weighted by Crippen LogP contribution is 2.30. The molecule has 1 saturated carbocycles. The lowest BCUT2D eigenvalue weighted by atomic mass is 9.82. The maximum absolute atomic E-state index is 2.79. The summed E-state index contributed by atoms with van der Waals surface area (Å²) in [6.45, 7) is 16.0. The Kier molecular flexibility index (Phi) is 7.21. The van der Waals surface area contributed by atoms with Crippen molar-refractivity contribution in [2.75, 3.05) is 19.6 Å². The van der Waals surface area contributed by atoms with Crippen LogP contribution in [-0.4, -0.2) is 47.6 Å². The molecular weight excluding hydrogens is 268 g/mol. The van der Waals surface area contributed by atoms with E-state index in [9.17, 15) is 0 Å². The van der Waals surface area contributed by atoms with Gasteiger partial charge in [-0.2, -0.15) is 0 Å². The Morgan fingerprint density at radius 3 is 2.05 bits per heavy atom. The molecule has 0 radical (unpaired) electrons. The summed E-state index contributed by atoms with van der Waals surface area (Å²) in [5.41, 5.74) is 0. The highest BCUT2D eigenvalue weighted by Gasteiger charge is 2.30. The summed E-state index contributed by atoms with van der Waals surface area (Å²) >= 11 is 0. The largest absolute Gasteiger partial charge is 0.303 e. The lowest BCUT2D eigenvalue weighted by Gasteiger charge is -2.44. The van der Waals surface area contributed by atoms with Gasteiger partial charge in [-0.15, -0.1) is 0 Å². The van der Waals surface area contributed by atoms with E-state index in [1.165, 1.54) is 64.6 Å². The molecular formula is C20H40N2. The predicted molar refractivity (Wildman–Crippen MR) is 97.3 cm³/mol. The van der Waals surface area contributed by atoms with E-state index in [1.807, 2.05) is 0 Å². The predicted octanol–water partition coefficient (Wildman–Crippen LogP) is 4.79. The van der Waals surface area contributed by atoms with Gasteiger partial charge in [0.15, 0.2) is 0 Å². The third kappa shape index (κ3) is 4.96. The molecule has 0 spiro atoms. The lowest BCUT2D eigenvalue weighted by Crippen LogP contribution is -2.51. The van der Waals surface area contributed by atoms with Crippen LogP contribution in [0.15, 0.2) is 0 Å². The molecule has 2 fully saturated rings. The van der Waals surface area contributed by atoms with E-state index in [4.69, 9.17) is 0 Å². The van der Waals surface area contributed by atoms with E-state index in [0.29, 0.717) is 6.04 Å². The Hall–Kier alpha value is -0.0800. The van der Waals surface area contributed by atoms with E-state index >= 15 is 0 Å². The molecule has 2 aliphatic rings. The Morgan fingerprint density at radius 1 is 0.955 bits per heavy atom. The van der Waals surface area contributed by atoms with Gasteiger partial charge in [0.1, 0.15) is 0 Å². The normalized spacial score (nSPS) is 30.1. The summed E-state index contributed by atoms with van der Waals surface area (Å²) < 4.78 is 0. The third-order valence-corrected chi connectivity index (χ3v) is 6.33. The van der Waals surface area contributed by atoms with E-state index in [-0.39, 0.29) is 0 Å². The van der Waals surface area contributed by atoms with Gasteiger partial charge in [-0.3, -0.25) is 4.90 Å². The van der Waals surface area contributed by atoms with Crippen LogP contribution in [0, 0.1) is 11.8 Å². The van der Waals surface area contributed by atoms with Crippen molar-refractivity contribution in [3.8, 4) is 0 Å². The fourth-order valence-electron chi connectivity index (χ4n) is 4.78. The number of likely N-dealkylation sites (tertiary alicyclic amines) is 1. The van der Waals surface area contributed by atoms with Gasteiger partial charge in [-0.25, -0.2) is 0 Å². The van der Waals surface area contributed by atoms with Crippen LogP contribution in [0.25, 0.3) is 0 Å². The van der Waals surface area contributed by atoms with Gasteiger partial charge in [0.05, 0.1) is 0 Å². The average molecular weight is 309 g/mol. The second-order valence-electron chi connectivity index (χ2n) is 8.46. The standard InChI is InChI=1S/C20H40N2/c1-6-18(5)22(16(2)3)20-11-13-21(14-12-20)15-19-9-7-17(4)8-10-19/h16-20H,6-15H2,1-5H3. The molecule has 0 aromatic carbocycles. The summed E-state index contributed by atoms with van der Waals surface area (Å²) in [6, 6.07) is 2.24. The number of hydrogen-bond acceptors (Lipinski definition) is 2. The summed E-state index contributed by atoms with van der Waals surface area (Å²) in [4.78, 5) is 5.56. The maximum atomic E-state index is 2.79. The smallest absolute Gasteiger partial charge is 0.0125 e. The molecule has 1 aliphatic carbocycles. The van der Waals surface area contributed by atoms with Crippen LogP contribution >= 0.6 is 0 Å². The number of hydrogen-bond donors (Lipinski definition) is 0. The molecule has 1 heterocycles. The van der Waals surface area contributed by atoms with Crippen LogP contribution in [0.2, 0.25) is 0 Å². The van der Waals surface area contributed by atoms with Crippen molar-refractivity contribution in [2.45, 2.75) is 97.7 Å². The van der Waals surface area contributed by atoms with Crippen molar-refractivity contribution in [1.29, 1.82) is 0 Å². The maximum Gasteiger partial charge on any atom is 0.0125 e. The van der Waals surface area contributed by atoms with Crippen LogP contribution in [0.5, 0.6) is 0 Å². The minimum absolute atomic E-state index is 0.686. The monoisotopic (exact) mass is 308 g/mol. The molecule has 2 heteroatoms. The second kappa shape index (κ2) is 8.68. The zero-order valence-electron chi connectivity index (χ0n) is 15.9. The molecule has 2 rings (SSSR count). The van der Waals surface area contributed by atoms with E-state index in [0.717, 1.165) is 23.9 Å². The molecule has 0 bridgehead atoms. The molecule has 1 unspecified atom stereocenters. The Labute approximate surface area is 139 Å². The Morgan fingerprint density at radius 2 is 1.55 bits per heavy atom. The second-order valence-corrected chi connectivity index (χ2v) is 8.46.